The van der Waals surface area contributed by atoms with E-state index in [1.165, 1.54) is 11.7 Å². The van der Waals surface area contributed by atoms with Crippen LogP contribution in [0.5, 0.6) is 11.5 Å². The number of nitrogens with one attached hydrogen (secondary N) is 1. The molecule has 0 saturated heterocycles. The van der Waals surface area contributed by atoms with E-state index >= 15 is 0 Å². The summed E-state index contributed by atoms with van der Waals surface area (Å²) in [5.74, 6) is 0.803. The van der Waals surface area contributed by atoms with E-state index in [0.717, 1.165) is 11.0 Å². The molecule has 0 aliphatic carbocycles. The first-order valence-electron chi connectivity index (χ1n) is 8.29. The van der Waals surface area contributed by atoms with Gasteiger partial charge in [0.05, 0.1) is 30.9 Å². The monoisotopic (exact) mass is 355 g/mol. The minimum absolute atomic E-state index is 0.0818. The van der Waals surface area contributed by atoms with Gasteiger partial charge >= 0.3 is 5.69 Å². The van der Waals surface area contributed by atoms with Crippen LogP contribution in [-0.4, -0.2) is 29.3 Å². The number of hydrogen-bond donors (Lipinski definition) is 1. The van der Waals surface area contributed by atoms with Crippen molar-refractivity contribution in [2.45, 2.75) is 20.0 Å². The Hall–Kier alpha value is -3.22. The van der Waals surface area contributed by atoms with E-state index in [9.17, 15) is 9.59 Å². The second-order valence-electron chi connectivity index (χ2n) is 5.72. The van der Waals surface area contributed by atoms with Crippen LogP contribution >= 0.6 is 0 Å². The molecule has 1 aromatic heterocycles. The lowest BCUT2D eigenvalue weighted by atomic mass is 10.2. The number of carbonyl (C=O) groups is 1. The number of hydrogen-bond acceptors (Lipinski definition) is 4. The molecule has 0 atom stereocenters. The molecule has 0 unspecified atom stereocenters. The number of fused-ring (bicyclic) bond motifs is 1. The Morgan fingerprint density at radius 3 is 2.35 bits per heavy atom. The smallest absolute Gasteiger partial charge is 0.329 e. The molecule has 0 aliphatic rings. The van der Waals surface area contributed by atoms with Gasteiger partial charge in [0.2, 0.25) is 5.91 Å². The van der Waals surface area contributed by atoms with E-state index in [4.69, 9.17) is 9.47 Å². The Kier molecular flexibility index (Phi) is 4.97. The molecule has 26 heavy (non-hydrogen) atoms. The molecule has 7 nitrogen and oxygen atoms in total. The highest BCUT2D eigenvalue weighted by atomic mass is 16.5. The second kappa shape index (κ2) is 7.35. The molecule has 0 fully saturated rings. The summed E-state index contributed by atoms with van der Waals surface area (Å²) in [4.78, 5) is 25.1. The molecule has 1 heterocycles. The Morgan fingerprint density at radius 1 is 1.04 bits per heavy atom. The van der Waals surface area contributed by atoms with Crippen molar-refractivity contribution in [1.29, 1.82) is 0 Å². The minimum atomic E-state index is -0.311. The first-order valence-corrected chi connectivity index (χ1v) is 8.29. The zero-order valence-corrected chi connectivity index (χ0v) is 15.0. The van der Waals surface area contributed by atoms with E-state index in [2.05, 4.69) is 5.32 Å². The summed E-state index contributed by atoms with van der Waals surface area (Å²) in [5.41, 5.74) is 1.86. The van der Waals surface area contributed by atoms with Crippen molar-refractivity contribution in [2.24, 2.45) is 0 Å². The van der Waals surface area contributed by atoms with Crippen molar-refractivity contribution in [2.75, 3.05) is 19.5 Å². The fraction of sp³-hybridized carbons (Fsp3) is 0.263. The van der Waals surface area contributed by atoms with E-state index < -0.39 is 0 Å². The van der Waals surface area contributed by atoms with Crippen LogP contribution in [0.15, 0.2) is 47.3 Å². The van der Waals surface area contributed by atoms with Crippen LogP contribution in [-0.2, 0) is 17.9 Å². The third-order valence-electron chi connectivity index (χ3n) is 4.23. The predicted molar refractivity (Wildman–Crippen MR) is 100 cm³/mol. The van der Waals surface area contributed by atoms with Crippen molar-refractivity contribution in [3.63, 3.8) is 0 Å². The maximum absolute atomic E-state index is 12.6. The van der Waals surface area contributed by atoms with Crippen LogP contribution in [0.3, 0.4) is 0 Å². The summed E-state index contributed by atoms with van der Waals surface area (Å²) in [6.07, 6.45) is 0. The summed E-state index contributed by atoms with van der Waals surface area (Å²) in [6.45, 7) is 2.36. The van der Waals surface area contributed by atoms with Crippen LogP contribution in [0.2, 0.25) is 0 Å². The first kappa shape index (κ1) is 17.6. The summed E-state index contributed by atoms with van der Waals surface area (Å²) >= 11 is 0. The maximum atomic E-state index is 12.6. The van der Waals surface area contributed by atoms with Crippen LogP contribution in [0, 0.1) is 0 Å². The van der Waals surface area contributed by atoms with Crippen molar-refractivity contribution < 1.29 is 14.3 Å². The largest absolute Gasteiger partial charge is 0.497 e. The number of benzene rings is 2. The highest BCUT2D eigenvalue weighted by molar-refractivity contribution is 5.93. The van der Waals surface area contributed by atoms with Crippen LogP contribution in [0.25, 0.3) is 11.0 Å². The summed E-state index contributed by atoms with van der Waals surface area (Å²) in [7, 11) is 3.08. The molecule has 0 aliphatic heterocycles. The SMILES string of the molecule is CCn1c(=O)n(CC(=O)Nc2ccc(OC)cc2OC)c2ccccc21. The number of anilines is 1. The number of ether oxygens (including phenoxy) is 2. The Bertz CT molecular complexity index is 1000. The summed E-state index contributed by atoms with van der Waals surface area (Å²) in [6, 6.07) is 12.6. The number of para-hydroxylation sites is 2. The molecule has 2 aromatic carbocycles. The Labute approximate surface area is 150 Å². The standard InChI is InChI=1S/C19H21N3O4/c1-4-21-15-7-5-6-8-16(15)22(19(21)24)12-18(23)20-14-10-9-13(25-2)11-17(14)26-3/h5-11H,4,12H2,1-3H3,(H,20,23). The predicted octanol–water partition coefficient (Wildman–Crippen LogP) is 2.48. The number of nitrogens with zero attached hydrogens (tertiary/aromatic N) is 2. The van der Waals surface area contributed by atoms with Gasteiger partial charge in [-0.3, -0.25) is 13.9 Å². The minimum Gasteiger partial charge on any atom is -0.497 e. The third kappa shape index (κ3) is 3.15. The number of carbonyl (C=O) groups excluding carboxylic acids is 1. The zero-order chi connectivity index (χ0) is 18.7. The average molecular weight is 355 g/mol. The maximum Gasteiger partial charge on any atom is 0.329 e. The molecule has 0 saturated carbocycles. The summed E-state index contributed by atoms with van der Waals surface area (Å²) in [5, 5.41) is 2.79. The topological polar surface area (TPSA) is 74.5 Å². The van der Waals surface area contributed by atoms with Gasteiger partial charge in [0.25, 0.3) is 0 Å². The third-order valence-corrected chi connectivity index (χ3v) is 4.23. The zero-order valence-electron chi connectivity index (χ0n) is 15.0. The van der Waals surface area contributed by atoms with E-state index in [1.54, 1.807) is 29.9 Å². The molecular formula is C19H21N3O4. The molecule has 1 amide bonds. The Morgan fingerprint density at radius 2 is 1.73 bits per heavy atom. The van der Waals surface area contributed by atoms with Gasteiger partial charge in [-0.2, -0.15) is 0 Å². The quantitative estimate of drug-likeness (QED) is 0.737. The molecule has 136 valence electrons. The molecule has 7 heteroatoms. The second-order valence-corrected chi connectivity index (χ2v) is 5.72. The Balaban J connectivity index is 1.89. The van der Waals surface area contributed by atoms with Gasteiger partial charge in [-0.1, -0.05) is 12.1 Å². The van der Waals surface area contributed by atoms with Crippen LogP contribution in [0.1, 0.15) is 6.92 Å². The van der Waals surface area contributed by atoms with Crippen molar-refractivity contribution in [3.8, 4) is 11.5 Å². The number of amides is 1. The molecular weight excluding hydrogens is 334 g/mol. The van der Waals surface area contributed by atoms with Crippen LogP contribution in [0.4, 0.5) is 5.69 Å². The fourth-order valence-electron chi connectivity index (χ4n) is 2.97. The average Bonchev–Trinajstić information content (AvgIpc) is 2.93. The number of aryl methyl sites for hydroxylation is 1. The lowest BCUT2D eigenvalue weighted by molar-refractivity contribution is -0.116. The number of methoxy groups -OCH3 is 2. The van der Waals surface area contributed by atoms with Gasteiger partial charge in [-0.15, -0.1) is 0 Å². The number of aromatic nitrogens is 2. The lowest BCUT2D eigenvalue weighted by Crippen LogP contribution is -2.29. The van der Waals surface area contributed by atoms with Gasteiger partial charge in [0.1, 0.15) is 18.0 Å². The lowest BCUT2D eigenvalue weighted by Gasteiger charge is -2.12. The van der Waals surface area contributed by atoms with Gasteiger partial charge in [-0.25, -0.2) is 4.79 Å². The van der Waals surface area contributed by atoms with Gasteiger partial charge in [0.15, 0.2) is 0 Å². The highest BCUT2D eigenvalue weighted by Crippen LogP contribution is 2.29. The number of rotatable bonds is 6. The molecule has 0 spiro atoms. The molecule has 3 aromatic rings. The van der Waals surface area contributed by atoms with Crippen molar-refractivity contribution in [3.05, 3.63) is 52.9 Å². The van der Waals surface area contributed by atoms with E-state index in [-0.39, 0.29) is 18.1 Å². The molecule has 0 bridgehead atoms. The van der Waals surface area contributed by atoms with E-state index in [0.29, 0.717) is 23.7 Å². The molecule has 0 radical (unpaired) electrons. The number of imidazole rings is 1. The van der Waals surface area contributed by atoms with Crippen molar-refractivity contribution in [1.82, 2.24) is 9.13 Å². The summed E-state index contributed by atoms with van der Waals surface area (Å²) < 4.78 is 13.6. The fourth-order valence-corrected chi connectivity index (χ4v) is 2.97. The van der Waals surface area contributed by atoms with Gasteiger partial charge < -0.3 is 14.8 Å². The van der Waals surface area contributed by atoms with Gasteiger partial charge in [-0.05, 0) is 31.2 Å². The molecule has 3 rings (SSSR count). The van der Waals surface area contributed by atoms with Crippen LogP contribution < -0.4 is 20.5 Å². The normalized spacial score (nSPS) is 10.7. The van der Waals surface area contributed by atoms with E-state index in [1.807, 2.05) is 31.2 Å². The first-order chi connectivity index (χ1) is 12.6. The highest BCUT2D eigenvalue weighted by Gasteiger charge is 2.15. The van der Waals surface area contributed by atoms with Crippen molar-refractivity contribution >= 4 is 22.6 Å². The molecule has 1 N–H and O–H groups in total. The van der Waals surface area contributed by atoms with Gasteiger partial charge in [0, 0.05) is 12.6 Å².